The number of benzene rings is 2. The number of aryl methyl sites for hydroxylation is 1. The van der Waals surface area contributed by atoms with Gasteiger partial charge in [0.05, 0.1) is 25.0 Å². The fourth-order valence-corrected chi connectivity index (χ4v) is 3.76. The van der Waals surface area contributed by atoms with Crippen LogP contribution in [0.1, 0.15) is 17.0 Å². The zero-order valence-electron chi connectivity index (χ0n) is 15.9. The van der Waals surface area contributed by atoms with Crippen LogP contribution in [0, 0.1) is 18.6 Å². The van der Waals surface area contributed by atoms with Crippen molar-refractivity contribution in [3.8, 4) is 0 Å². The number of hydrogen-bond acceptors (Lipinski definition) is 4. The van der Waals surface area contributed by atoms with Gasteiger partial charge in [0.1, 0.15) is 22.8 Å². The fourth-order valence-electron chi connectivity index (χ4n) is 3.76. The molecule has 3 heterocycles. The van der Waals surface area contributed by atoms with Gasteiger partial charge in [-0.2, -0.15) is 5.10 Å². The van der Waals surface area contributed by atoms with Crippen molar-refractivity contribution in [2.75, 3.05) is 0 Å². The smallest absolute Gasteiger partial charge is 0.288 e. The third-order valence-electron chi connectivity index (χ3n) is 5.09. The Bertz CT molecular complexity index is 1450. The van der Waals surface area contributed by atoms with Crippen molar-refractivity contribution >= 4 is 21.8 Å². The van der Waals surface area contributed by atoms with E-state index in [1.165, 1.54) is 24.3 Å². The third-order valence-corrected chi connectivity index (χ3v) is 5.09. The summed E-state index contributed by atoms with van der Waals surface area (Å²) in [5, 5.41) is 16.1. The Morgan fingerprint density at radius 2 is 1.80 bits per heavy atom. The molecular weight excluding hydrogens is 390 g/mol. The predicted octanol–water partition coefficient (Wildman–Crippen LogP) is 3.15. The molecule has 5 rings (SSSR count). The van der Waals surface area contributed by atoms with Crippen molar-refractivity contribution in [1.29, 1.82) is 0 Å². The molecule has 9 heteroatoms. The Morgan fingerprint density at radius 1 is 1.03 bits per heavy atom. The topological polar surface area (TPSA) is 81.4 Å². The van der Waals surface area contributed by atoms with Crippen LogP contribution in [-0.4, -0.2) is 29.8 Å². The average molecular weight is 406 g/mol. The van der Waals surface area contributed by atoms with Gasteiger partial charge in [0.15, 0.2) is 0 Å². The van der Waals surface area contributed by atoms with E-state index in [-0.39, 0.29) is 23.7 Å². The van der Waals surface area contributed by atoms with Crippen LogP contribution < -0.4 is 5.56 Å². The molecule has 0 saturated heterocycles. The van der Waals surface area contributed by atoms with Crippen LogP contribution >= 0.6 is 0 Å². The molecule has 2 aromatic carbocycles. The lowest BCUT2D eigenvalue weighted by Crippen LogP contribution is -2.14. The molecule has 0 fully saturated rings. The molecular formula is C21H16F2N6O. The number of nitrogens with one attached hydrogen (secondary N) is 1. The standard InChI is InChI=1S/C21H16F2N6O/c1-12-19-17-8-15(23)6-7-18(17)29(20(19)21(30)26-24-12)11-16-10-28(27-25-16)9-13-2-4-14(22)5-3-13/h2-8,10H,9,11H2,1H3,(H,26,30). The van der Waals surface area contributed by atoms with Gasteiger partial charge >= 0.3 is 0 Å². The number of aromatic nitrogens is 6. The summed E-state index contributed by atoms with van der Waals surface area (Å²) in [4.78, 5) is 12.6. The lowest BCUT2D eigenvalue weighted by molar-refractivity contribution is 0.621. The van der Waals surface area contributed by atoms with Crippen LogP contribution in [0.3, 0.4) is 0 Å². The van der Waals surface area contributed by atoms with Gasteiger partial charge in [-0.25, -0.2) is 18.6 Å². The van der Waals surface area contributed by atoms with Crippen LogP contribution in [-0.2, 0) is 13.1 Å². The maximum atomic E-state index is 13.9. The summed E-state index contributed by atoms with van der Waals surface area (Å²) in [6.07, 6.45) is 1.77. The Balaban J connectivity index is 1.57. The lowest BCUT2D eigenvalue weighted by atomic mass is 10.1. The molecule has 0 saturated carbocycles. The molecule has 0 radical (unpaired) electrons. The summed E-state index contributed by atoms with van der Waals surface area (Å²) in [5.74, 6) is -0.678. The minimum absolute atomic E-state index is 0.279. The molecule has 0 bridgehead atoms. The van der Waals surface area contributed by atoms with Crippen LogP contribution in [0.4, 0.5) is 8.78 Å². The Kier molecular flexibility index (Phi) is 4.16. The third kappa shape index (κ3) is 3.04. The second kappa shape index (κ2) is 6.87. The quantitative estimate of drug-likeness (QED) is 0.497. The van der Waals surface area contributed by atoms with E-state index in [9.17, 15) is 13.6 Å². The zero-order valence-corrected chi connectivity index (χ0v) is 15.9. The molecule has 3 aromatic heterocycles. The number of nitrogens with zero attached hydrogens (tertiary/aromatic N) is 5. The van der Waals surface area contributed by atoms with E-state index in [1.807, 2.05) is 0 Å². The van der Waals surface area contributed by atoms with Gasteiger partial charge in [-0.3, -0.25) is 4.79 Å². The highest BCUT2D eigenvalue weighted by atomic mass is 19.1. The fraction of sp³-hybridized carbons (Fsp3) is 0.143. The molecule has 1 N–H and O–H groups in total. The zero-order chi connectivity index (χ0) is 20.8. The van der Waals surface area contributed by atoms with Crippen LogP contribution in [0.15, 0.2) is 53.5 Å². The number of halogens is 2. The summed E-state index contributed by atoms with van der Waals surface area (Å²) in [7, 11) is 0. The SMILES string of the molecule is Cc1n[nH]c(=O)c2c1c1cc(F)ccc1n2Cc1cn(Cc2ccc(F)cc2)nn1. The first-order valence-electron chi connectivity index (χ1n) is 9.30. The molecule has 7 nitrogen and oxygen atoms in total. The first-order valence-corrected chi connectivity index (χ1v) is 9.30. The number of hydrogen-bond donors (Lipinski definition) is 1. The Morgan fingerprint density at radius 3 is 2.60 bits per heavy atom. The van der Waals surface area contributed by atoms with Gasteiger partial charge in [-0.15, -0.1) is 5.10 Å². The predicted molar refractivity (Wildman–Crippen MR) is 107 cm³/mol. The molecule has 0 aliphatic heterocycles. The van der Waals surface area contributed by atoms with Crippen LogP contribution in [0.2, 0.25) is 0 Å². The summed E-state index contributed by atoms with van der Waals surface area (Å²) < 4.78 is 30.4. The Labute approximate surface area is 168 Å². The van der Waals surface area contributed by atoms with E-state index in [0.717, 1.165) is 5.56 Å². The van der Waals surface area contributed by atoms with Crippen molar-refractivity contribution in [3.05, 3.63) is 87.6 Å². The number of aromatic amines is 1. The average Bonchev–Trinajstić information content (AvgIpc) is 3.30. The van der Waals surface area contributed by atoms with Crippen molar-refractivity contribution in [3.63, 3.8) is 0 Å². The van der Waals surface area contributed by atoms with Crippen LogP contribution in [0.5, 0.6) is 0 Å². The van der Waals surface area contributed by atoms with Crippen LogP contribution in [0.25, 0.3) is 21.8 Å². The van der Waals surface area contributed by atoms with Crippen molar-refractivity contribution in [1.82, 2.24) is 29.8 Å². The largest absolute Gasteiger partial charge is 0.330 e. The van der Waals surface area contributed by atoms with E-state index in [4.69, 9.17) is 0 Å². The maximum Gasteiger partial charge on any atom is 0.288 e. The highest BCUT2D eigenvalue weighted by Gasteiger charge is 2.18. The minimum atomic E-state index is -0.383. The molecule has 0 aliphatic rings. The second-order valence-electron chi connectivity index (χ2n) is 7.14. The molecule has 0 amide bonds. The molecule has 0 spiro atoms. The van der Waals surface area contributed by atoms with Crippen molar-refractivity contribution in [2.24, 2.45) is 0 Å². The van der Waals surface area contributed by atoms with Crippen molar-refractivity contribution in [2.45, 2.75) is 20.0 Å². The highest BCUT2D eigenvalue weighted by molar-refractivity contribution is 6.08. The van der Waals surface area contributed by atoms with Gasteiger partial charge in [0, 0.05) is 16.3 Å². The molecule has 5 aromatic rings. The summed E-state index contributed by atoms with van der Waals surface area (Å²) in [6, 6.07) is 10.6. The van der Waals surface area contributed by atoms with Crippen molar-refractivity contribution < 1.29 is 8.78 Å². The van der Waals surface area contributed by atoms with Gasteiger partial charge in [0.25, 0.3) is 5.56 Å². The van der Waals surface area contributed by atoms with Gasteiger partial charge in [-0.05, 0) is 42.8 Å². The summed E-state index contributed by atoms with van der Waals surface area (Å²) >= 11 is 0. The Hall–Kier alpha value is -3.88. The first-order chi connectivity index (χ1) is 14.5. The molecule has 0 unspecified atom stereocenters. The summed E-state index contributed by atoms with van der Waals surface area (Å²) in [5.41, 5.74) is 2.90. The van der Waals surface area contributed by atoms with Gasteiger partial charge in [-0.1, -0.05) is 17.3 Å². The number of fused-ring (bicyclic) bond motifs is 3. The molecule has 0 atom stereocenters. The van der Waals surface area contributed by atoms with E-state index in [0.29, 0.717) is 39.7 Å². The maximum absolute atomic E-state index is 13.9. The van der Waals surface area contributed by atoms with E-state index >= 15 is 0 Å². The minimum Gasteiger partial charge on any atom is -0.330 e. The van der Waals surface area contributed by atoms with Gasteiger partial charge in [0.2, 0.25) is 0 Å². The summed E-state index contributed by atoms with van der Waals surface area (Å²) in [6.45, 7) is 2.49. The molecule has 150 valence electrons. The van der Waals surface area contributed by atoms with E-state index in [1.54, 1.807) is 40.6 Å². The van der Waals surface area contributed by atoms with E-state index < -0.39 is 0 Å². The second-order valence-corrected chi connectivity index (χ2v) is 7.14. The molecule has 0 aliphatic carbocycles. The van der Waals surface area contributed by atoms with Gasteiger partial charge < -0.3 is 4.57 Å². The number of H-pyrrole nitrogens is 1. The normalized spacial score (nSPS) is 11.6. The monoisotopic (exact) mass is 406 g/mol. The lowest BCUT2D eigenvalue weighted by Gasteiger charge is -2.04. The van der Waals surface area contributed by atoms with E-state index in [2.05, 4.69) is 20.5 Å². The highest BCUT2D eigenvalue weighted by Crippen LogP contribution is 2.29. The first kappa shape index (κ1) is 18.2. The molecule has 30 heavy (non-hydrogen) atoms. The number of rotatable bonds is 4.